The van der Waals surface area contributed by atoms with Crippen molar-refractivity contribution in [1.29, 1.82) is 0 Å². The van der Waals surface area contributed by atoms with Crippen molar-refractivity contribution < 1.29 is 14.6 Å². The molecule has 146 valence electrons. The van der Waals surface area contributed by atoms with Crippen LogP contribution in [-0.2, 0) is 4.79 Å². The largest absolute Gasteiger partial charge is 0.495 e. The molecule has 4 rings (SSSR count). The highest BCUT2D eigenvalue weighted by Crippen LogP contribution is 2.34. The quantitative estimate of drug-likeness (QED) is 0.596. The lowest BCUT2D eigenvalue weighted by atomic mass is 9.92. The van der Waals surface area contributed by atoms with Crippen molar-refractivity contribution in [2.75, 3.05) is 39.9 Å². The summed E-state index contributed by atoms with van der Waals surface area (Å²) in [4.78, 5) is 18.9. The summed E-state index contributed by atoms with van der Waals surface area (Å²) in [7, 11) is 1.63. The number of pyridine rings is 1. The Morgan fingerprint density at radius 3 is 2.46 bits per heavy atom. The van der Waals surface area contributed by atoms with Crippen LogP contribution >= 0.6 is 11.9 Å². The molecule has 1 amide bonds. The summed E-state index contributed by atoms with van der Waals surface area (Å²) in [6, 6.07) is 13.4. The lowest BCUT2D eigenvalue weighted by Gasteiger charge is -2.42. The smallest absolute Gasteiger partial charge is 0.233 e. The molecule has 2 aliphatic rings. The predicted octanol–water partition coefficient (Wildman–Crippen LogP) is 2.33. The molecule has 7 heteroatoms. The fourth-order valence-corrected chi connectivity index (χ4v) is 4.30. The molecular formula is C21H23N3O3S. The summed E-state index contributed by atoms with van der Waals surface area (Å²) in [5.41, 5.74) is 3.62. The zero-order valence-corrected chi connectivity index (χ0v) is 16.6. The zero-order chi connectivity index (χ0) is 19.5. The maximum absolute atomic E-state index is 12.7. The number of nitrogens with zero attached hydrogens (tertiary/aromatic N) is 3. The molecule has 0 radical (unpaired) electrons. The van der Waals surface area contributed by atoms with Gasteiger partial charge in [-0.2, -0.15) is 0 Å². The Balaban J connectivity index is 1.28. The van der Waals surface area contributed by atoms with Gasteiger partial charge >= 0.3 is 0 Å². The number of carbonyl (C=O) groups excluding carboxylic acids is 1. The summed E-state index contributed by atoms with van der Waals surface area (Å²) in [6.07, 6.45) is 1.72. The van der Waals surface area contributed by atoms with Crippen molar-refractivity contribution in [2.24, 2.45) is 0 Å². The van der Waals surface area contributed by atoms with Crippen LogP contribution in [0.4, 0.5) is 0 Å². The van der Waals surface area contributed by atoms with Crippen LogP contribution in [0.5, 0.6) is 5.75 Å². The number of benzene rings is 1. The molecule has 28 heavy (non-hydrogen) atoms. The van der Waals surface area contributed by atoms with Gasteiger partial charge in [0.2, 0.25) is 5.91 Å². The van der Waals surface area contributed by atoms with Gasteiger partial charge in [-0.05, 0) is 40.8 Å². The third-order valence-electron chi connectivity index (χ3n) is 5.16. The Hall–Kier alpha value is -2.35. The second kappa shape index (κ2) is 8.34. The van der Waals surface area contributed by atoms with Crippen molar-refractivity contribution in [3.8, 4) is 5.75 Å². The summed E-state index contributed by atoms with van der Waals surface area (Å²) in [6.45, 7) is 2.99. The highest BCUT2D eigenvalue weighted by atomic mass is 32.2. The number of aliphatic hydroxyl groups is 1. The van der Waals surface area contributed by atoms with Gasteiger partial charge < -0.3 is 14.7 Å². The van der Waals surface area contributed by atoms with Crippen molar-refractivity contribution in [3.05, 3.63) is 65.4 Å². The first-order valence-corrected chi connectivity index (χ1v) is 10.0. The van der Waals surface area contributed by atoms with Gasteiger partial charge in [0.25, 0.3) is 0 Å². The molecule has 2 aromatic rings. The van der Waals surface area contributed by atoms with Crippen LogP contribution in [-0.4, -0.2) is 65.1 Å². The number of likely N-dealkylation sites (tertiary alicyclic amines) is 1. The van der Waals surface area contributed by atoms with Gasteiger partial charge in [0.1, 0.15) is 10.8 Å². The SMILES string of the molecule is COc1ccc(SN2CC(=C3CN(C(=O)C(CO)c4ccccc4)C3)C2)nc1. The lowest BCUT2D eigenvalue weighted by Crippen LogP contribution is -2.50. The van der Waals surface area contributed by atoms with Gasteiger partial charge in [0, 0.05) is 26.2 Å². The molecule has 1 aromatic heterocycles. The number of hydrogen-bond donors (Lipinski definition) is 1. The van der Waals surface area contributed by atoms with Gasteiger partial charge in [-0.3, -0.25) is 4.79 Å². The molecule has 2 saturated heterocycles. The van der Waals surface area contributed by atoms with Crippen LogP contribution in [0.25, 0.3) is 0 Å². The molecule has 2 fully saturated rings. The van der Waals surface area contributed by atoms with Crippen LogP contribution in [0.15, 0.2) is 64.8 Å². The van der Waals surface area contributed by atoms with E-state index in [4.69, 9.17) is 4.74 Å². The number of rotatable bonds is 6. The summed E-state index contributed by atoms with van der Waals surface area (Å²) >= 11 is 1.64. The maximum atomic E-state index is 12.7. The minimum absolute atomic E-state index is 0.00559. The molecule has 1 atom stereocenters. The number of hydrogen-bond acceptors (Lipinski definition) is 6. The number of ether oxygens (including phenoxy) is 1. The number of carbonyl (C=O) groups is 1. The molecule has 1 N–H and O–H groups in total. The highest BCUT2D eigenvalue weighted by molar-refractivity contribution is 7.97. The van der Waals surface area contributed by atoms with E-state index in [2.05, 4.69) is 9.29 Å². The third kappa shape index (κ3) is 3.92. The Morgan fingerprint density at radius 2 is 1.86 bits per heavy atom. The van der Waals surface area contributed by atoms with Crippen LogP contribution in [0.3, 0.4) is 0 Å². The molecule has 0 saturated carbocycles. The Kier molecular flexibility index (Phi) is 5.66. The van der Waals surface area contributed by atoms with Crippen molar-refractivity contribution in [2.45, 2.75) is 10.9 Å². The van der Waals surface area contributed by atoms with Gasteiger partial charge in [0.05, 0.1) is 25.8 Å². The second-order valence-electron chi connectivity index (χ2n) is 6.97. The summed E-state index contributed by atoms with van der Waals surface area (Å²) in [5.74, 6) is 0.292. The van der Waals surface area contributed by atoms with E-state index in [1.165, 1.54) is 11.1 Å². The fourth-order valence-electron chi connectivity index (χ4n) is 3.37. The van der Waals surface area contributed by atoms with E-state index in [0.717, 1.165) is 29.4 Å². The van der Waals surface area contributed by atoms with Crippen LogP contribution in [0.1, 0.15) is 11.5 Å². The Labute approximate surface area is 169 Å². The third-order valence-corrected chi connectivity index (χ3v) is 6.10. The highest BCUT2D eigenvalue weighted by Gasteiger charge is 2.35. The van der Waals surface area contributed by atoms with Crippen molar-refractivity contribution >= 4 is 17.9 Å². The first-order chi connectivity index (χ1) is 13.7. The average Bonchev–Trinajstić information content (AvgIpc) is 2.66. The predicted molar refractivity (Wildman–Crippen MR) is 108 cm³/mol. The fraction of sp³-hybridized carbons (Fsp3) is 0.333. The normalized spacial score (nSPS) is 17.7. The van der Waals surface area contributed by atoms with Crippen LogP contribution in [0, 0.1) is 0 Å². The average molecular weight is 398 g/mol. The first kappa shape index (κ1) is 19.0. The second-order valence-corrected chi connectivity index (χ2v) is 8.09. The topological polar surface area (TPSA) is 65.9 Å². The molecule has 0 spiro atoms. The standard InChI is InChI=1S/C21H23N3O3S/c1-27-18-7-8-20(22-9-18)28-24-12-17(13-24)16-10-23(11-16)21(26)19(14-25)15-5-3-2-4-6-15/h2-9,19,25H,10-14H2,1H3. The van der Waals surface area contributed by atoms with E-state index in [1.807, 2.05) is 47.4 Å². The maximum Gasteiger partial charge on any atom is 0.233 e. The summed E-state index contributed by atoms with van der Waals surface area (Å²) in [5, 5.41) is 10.6. The van der Waals surface area contributed by atoms with Gasteiger partial charge in [-0.15, -0.1) is 0 Å². The Morgan fingerprint density at radius 1 is 1.14 bits per heavy atom. The van der Waals surface area contributed by atoms with E-state index in [9.17, 15) is 9.90 Å². The van der Waals surface area contributed by atoms with E-state index in [-0.39, 0.29) is 12.5 Å². The van der Waals surface area contributed by atoms with E-state index >= 15 is 0 Å². The van der Waals surface area contributed by atoms with Crippen molar-refractivity contribution in [3.63, 3.8) is 0 Å². The van der Waals surface area contributed by atoms with E-state index in [0.29, 0.717) is 13.1 Å². The number of amides is 1. The van der Waals surface area contributed by atoms with Crippen LogP contribution in [0.2, 0.25) is 0 Å². The van der Waals surface area contributed by atoms with Crippen molar-refractivity contribution in [1.82, 2.24) is 14.2 Å². The minimum Gasteiger partial charge on any atom is -0.495 e. The van der Waals surface area contributed by atoms with Crippen LogP contribution < -0.4 is 4.74 Å². The molecule has 2 aliphatic heterocycles. The van der Waals surface area contributed by atoms with Gasteiger partial charge in [-0.1, -0.05) is 30.3 Å². The summed E-state index contributed by atoms with van der Waals surface area (Å²) < 4.78 is 7.38. The zero-order valence-electron chi connectivity index (χ0n) is 15.7. The molecule has 0 bridgehead atoms. The number of aliphatic hydroxyl groups excluding tert-OH is 1. The minimum atomic E-state index is -0.470. The molecular weight excluding hydrogens is 374 g/mol. The number of aromatic nitrogens is 1. The lowest BCUT2D eigenvalue weighted by molar-refractivity contribution is -0.135. The molecule has 6 nitrogen and oxygen atoms in total. The molecule has 3 heterocycles. The molecule has 1 aromatic carbocycles. The van der Waals surface area contributed by atoms with Gasteiger partial charge in [-0.25, -0.2) is 9.29 Å². The Bertz CT molecular complexity index is 854. The van der Waals surface area contributed by atoms with Gasteiger partial charge in [0.15, 0.2) is 0 Å². The molecule has 1 unspecified atom stereocenters. The monoisotopic (exact) mass is 397 g/mol. The number of methoxy groups -OCH3 is 1. The molecule has 0 aliphatic carbocycles. The van der Waals surface area contributed by atoms with E-state index < -0.39 is 5.92 Å². The van der Waals surface area contributed by atoms with E-state index in [1.54, 1.807) is 25.3 Å². The first-order valence-electron chi connectivity index (χ1n) is 9.25.